The standard InChI is InChI=1S/C15H18O/c1-2-5-12(6-3-1)7-4-8-13-9-10-14-15(11-13)16-14/h1-7,13-15H,8-11H2. The van der Waals surface area contributed by atoms with E-state index in [0.717, 1.165) is 5.92 Å². The fraction of sp³-hybridized carbons (Fsp3) is 0.467. The van der Waals surface area contributed by atoms with Gasteiger partial charge in [-0.25, -0.2) is 0 Å². The van der Waals surface area contributed by atoms with Gasteiger partial charge in [0.15, 0.2) is 0 Å². The second-order valence-electron chi connectivity index (χ2n) is 4.94. The van der Waals surface area contributed by atoms with Crippen molar-refractivity contribution in [2.45, 2.75) is 37.9 Å². The molecule has 3 rings (SSSR count). The van der Waals surface area contributed by atoms with Gasteiger partial charge < -0.3 is 4.74 Å². The van der Waals surface area contributed by atoms with Crippen LogP contribution in [0.5, 0.6) is 0 Å². The molecule has 2 fully saturated rings. The van der Waals surface area contributed by atoms with E-state index >= 15 is 0 Å². The van der Waals surface area contributed by atoms with Gasteiger partial charge in [0.1, 0.15) is 0 Å². The lowest BCUT2D eigenvalue weighted by Gasteiger charge is -2.16. The molecule has 3 atom stereocenters. The number of benzene rings is 1. The zero-order valence-corrected chi connectivity index (χ0v) is 9.51. The molecule has 1 aliphatic heterocycles. The Kier molecular flexibility index (Phi) is 2.79. The zero-order valence-electron chi connectivity index (χ0n) is 9.51. The lowest BCUT2D eigenvalue weighted by Crippen LogP contribution is -2.12. The van der Waals surface area contributed by atoms with Crippen molar-refractivity contribution in [2.24, 2.45) is 5.92 Å². The van der Waals surface area contributed by atoms with Crippen molar-refractivity contribution in [2.75, 3.05) is 0 Å². The van der Waals surface area contributed by atoms with Crippen molar-refractivity contribution < 1.29 is 4.74 Å². The molecule has 1 aliphatic carbocycles. The van der Waals surface area contributed by atoms with Gasteiger partial charge in [-0.1, -0.05) is 42.5 Å². The summed E-state index contributed by atoms with van der Waals surface area (Å²) in [4.78, 5) is 0. The van der Waals surface area contributed by atoms with Crippen molar-refractivity contribution in [1.29, 1.82) is 0 Å². The summed E-state index contributed by atoms with van der Waals surface area (Å²) < 4.78 is 5.55. The summed E-state index contributed by atoms with van der Waals surface area (Å²) in [6.07, 6.45) is 10.9. The molecular weight excluding hydrogens is 196 g/mol. The molecule has 0 bridgehead atoms. The monoisotopic (exact) mass is 214 g/mol. The summed E-state index contributed by atoms with van der Waals surface area (Å²) in [5.41, 5.74) is 1.30. The van der Waals surface area contributed by atoms with Crippen molar-refractivity contribution in [3.05, 3.63) is 42.0 Å². The first kappa shape index (κ1) is 10.1. The Morgan fingerprint density at radius 2 is 2.00 bits per heavy atom. The van der Waals surface area contributed by atoms with Crippen LogP contribution in [-0.2, 0) is 4.74 Å². The molecule has 16 heavy (non-hydrogen) atoms. The Morgan fingerprint density at radius 1 is 1.12 bits per heavy atom. The first-order valence-corrected chi connectivity index (χ1v) is 6.29. The molecule has 1 saturated heterocycles. The second kappa shape index (κ2) is 4.42. The van der Waals surface area contributed by atoms with Crippen LogP contribution in [0.1, 0.15) is 31.2 Å². The number of ether oxygens (including phenoxy) is 1. The maximum atomic E-state index is 5.55. The summed E-state index contributed by atoms with van der Waals surface area (Å²) >= 11 is 0. The van der Waals surface area contributed by atoms with Crippen LogP contribution in [0.25, 0.3) is 6.08 Å². The molecule has 1 heterocycles. The molecule has 3 unspecified atom stereocenters. The minimum absolute atomic E-state index is 0.615. The molecule has 84 valence electrons. The highest BCUT2D eigenvalue weighted by atomic mass is 16.6. The summed E-state index contributed by atoms with van der Waals surface area (Å²) in [6, 6.07) is 10.5. The topological polar surface area (TPSA) is 12.5 Å². The smallest absolute Gasteiger partial charge is 0.0844 e. The third kappa shape index (κ3) is 2.35. The summed E-state index contributed by atoms with van der Waals surface area (Å²) in [5, 5.41) is 0. The lowest BCUT2D eigenvalue weighted by molar-refractivity contribution is 0.362. The number of allylic oxidation sites excluding steroid dienone is 1. The van der Waals surface area contributed by atoms with Gasteiger partial charge in [0, 0.05) is 0 Å². The fourth-order valence-electron chi connectivity index (χ4n) is 2.66. The summed E-state index contributed by atoms with van der Waals surface area (Å²) in [6.45, 7) is 0. The van der Waals surface area contributed by atoms with Gasteiger partial charge in [-0.15, -0.1) is 0 Å². The number of hydrogen-bond donors (Lipinski definition) is 0. The van der Waals surface area contributed by atoms with E-state index in [1.165, 1.54) is 31.2 Å². The Labute approximate surface area is 97.1 Å². The Balaban J connectivity index is 1.50. The van der Waals surface area contributed by atoms with Gasteiger partial charge in [-0.2, -0.15) is 0 Å². The van der Waals surface area contributed by atoms with Crippen LogP contribution < -0.4 is 0 Å². The molecule has 0 N–H and O–H groups in total. The average Bonchev–Trinajstić information content (AvgIpc) is 3.09. The van der Waals surface area contributed by atoms with Gasteiger partial charge in [-0.05, 0) is 37.2 Å². The minimum Gasteiger partial charge on any atom is -0.370 e. The molecule has 1 aromatic rings. The first-order valence-electron chi connectivity index (χ1n) is 6.29. The SMILES string of the molecule is C(=Cc1ccccc1)CC1CCC2OC2C1. The van der Waals surface area contributed by atoms with Crippen molar-refractivity contribution >= 4 is 6.08 Å². The highest BCUT2D eigenvalue weighted by molar-refractivity contribution is 5.48. The maximum absolute atomic E-state index is 5.55. The molecule has 0 radical (unpaired) electrons. The van der Waals surface area contributed by atoms with E-state index < -0.39 is 0 Å². The number of rotatable bonds is 3. The minimum atomic E-state index is 0.615. The van der Waals surface area contributed by atoms with Crippen LogP contribution in [-0.4, -0.2) is 12.2 Å². The highest BCUT2D eigenvalue weighted by Gasteiger charge is 2.43. The normalized spacial score (nSPS) is 32.6. The fourth-order valence-corrected chi connectivity index (χ4v) is 2.66. The van der Waals surface area contributed by atoms with E-state index in [1.807, 2.05) is 0 Å². The lowest BCUT2D eigenvalue weighted by atomic mass is 9.87. The van der Waals surface area contributed by atoms with Gasteiger partial charge >= 0.3 is 0 Å². The van der Waals surface area contributed by atoms with Gasteiger partial charge in [-0.3, -0.25) is 0 Å². The predicted octanol–water partition coefficient (Wildman–Crippen LogP) is 3.66. The van der Waals surface area contributed by atoms with E-state index in [2.05, 4.69) is 42.5 Å². The third-order valence-electron chi connectivity index (χ3n) is 3.69. The van der Waals surface area contributed by atoms with Crippen molar-refractivity contribution in [1.82, 2.24) is 0 Å². The molecule has 0 spiro atoms. The zero-order chi connectivity index (χ0) is 10.8. The van der Waals surface area contributed by atoms with Crippen LogP contribution in [0.2, 0.25) is 0 Å². The maximum Gasteiger partial charge on any atom is 0.0844 e. The van der Waals surface area contributed by atoms with Crippen molar-refractivity contribution in [3.63, 3.8) is 0 Å². The molecule has 2 aliphatic rings. The van der Waals surface area contributed by atoms with Crippen LogP contribution in [0.3, 0.4) is 0 Å². The number of epoxide rings is 1. The van der Waals surface area contributed by atoms with E-state index in [4.69, 9.17) is 4.74 Å². The Bertz CT molecular complexity index is 368. The number of hydrogen-bond acceptors (Lipinski definition) is 1. The second-order valence-corrected chi connectivity index (χ2v) is 4.94. The largest absolute Gasteiger partial charge is 0.370 e. The van der Waals surface area contributed by atoms with E-state index in [-0.39, 0.29) is 0 Å². The molecule has 1 aromatic carbocycles. The van der Waals surface area contributed by atoms with E-state index in [0.29, 0.717) is 12.2 Å². The van der Waals surface area contributed by atoms with E-state index in [1.54, 1.807) is 0 Å². The molecule has 1 saturated carbocycles. The molecule has 0 amide bonds. The molecule has 1 nitrogen and oxygen atoms in total. The third-order valence-corrected chi connectivity index (χ3v) is 3.69. The quantitative estimate of drug-likeness (QED) is 0.699. The van der Waals surface area contributed by atoms with Gasteiger partial charge in [0.25, 0.3) is 0 Å². The summed E-state index contributed by atoms with van der Waals surface area (Å²) in [7, 11) is 0. The predicted molar refractivity (Wildman–Crippen MR) is 66.1 cm³/mol. The first-order chi connectivity index (χ1) is 7.92. The van der Waals surface area contributed by atoms with Crippen LogP contribution in [0, 0.1) is 5.92 Å². The Morgan fingerprint density at radius 3 is 2.81 bits per heavy atom. The molecule has 0 aromatic heterocycles. The van der Waals surface area contributed by atoms with E-state index in [9.17, 15) is 0 Å². The van der Waals surface area contributed by atoms with Crippen LogP contribution in [0.4, 0.5) is 0 Å². The van der Waals surface area contributed by atoms with Crippen LogP contribution >= 0.6 is 0 Å². The molecular formula is C15H18O. The van der Waals surface area contributed by atoms with Gasteiger partial charge in [0.2, 0.25) is 0 Å². The molecule has 1 heteroatoms. The van der Waals surface area contributed by atoms with Crippen LogP contribution in [0.15, 0.2) is 36.4 Å². The summed E-state index contributed by atoms with van der Waals surface area (Å²) in [5.74, 6) is 0.851. The highest BCUT2D eigenvalue weighted by Crippen LogP contribution is 2.40. The number of fused-ring (bicyclic) bond motifs is 1. The van der Waals surface area contributed by atoms with Crippen molar-refractivity contribution in [3.8, 4) is 0 Å². The Hall–Kier alpha value is -1.08. The average molecular weight is 214 g/mol. The van der Waals surface area contributed by atoms with Gasteiger partial charge in [0.05, 0.1) is 12.2 Å².